The van der Waals surface area contributed by atoms with Gasteiger partial charge in [0.25, 0.3) is 5.91 Å². The third kappa shape index (κ3) is 5.13. The molecule has 0 aliphatic rings. The number of nitrogens with one attached hydrogen (secondary N) is 1. The molecule has 9 heteroatoms. The van der Waals surface area contributed by atoms with Crippen LogP contribution < -0.4 is 10.1 Å². The van der Waals surface area contributed by atoms with Gasteiger partial charge in [0, 0.05) is 12.1 Å². The Morgan fingerprint density at radius 2 is 1.96 bits per heavy atom. The molecule has 0 saturated carbocycles. The van der Waals surface area contributed by atoms with Crippen LogP contribution >= 0.6 is 11.6 Å². The number of amides is 1. The van der Waals surface area contributed by atoms with E-state index in [1.54, 1.807) is 19.2 Å². The maximum absolute atomic E-state index is 12.3. The minimum atomic E-state index is -1.22. The average Bonchev–Trinajstić information content (AvgIpc) is 2.57. The zero-order valence-electron chi connectivity index (χ0n) is 13.5. The van der Waals surface area contributed by atoms with Gasteiger partial charge in [-0.3, -0.25) is 4.79 Å². The molecule has 8 nitrogen and oxygen atoms in total. The number of halogens is 1. The molecule has 0 saturated heterocycles. The molecule has 0 spiro atoms. The Bertz CT molecular complexity index is 767. The summed E-state index contributed by atoms with van der Waals surface area (Å²) in [6, 6.07) is 4.80. The van der Waals surface area contributed by atoms with Crippen molar-refractivity contribution in [3.8, 4) is 5.75 Å². The standard InChI is InChI=1S/C16H16ClN3O5/c1-9(8-24-2)25-14-4-3-10(17)5-11(14)20-15(21)12-6-19-13(7-18-12)16(22)23/h3-7,9H,8H2,1-2H3,(H,20,21)(H,22,23). The van der Waals surface area contributed by atoms with Crippen LogP contribution in [0.15, 0.2) is 30.6 Å². The molecule has 0 aliphatic heterocycles. The molecule has 2 rings (SSSR count). The Balaban J connectivity index is 2.18. The van der Waals surface area contributed by atoms with Gasteiger partial charge in [-0.25, -0.2) is 14.8 Å². The second-order valence-electron chi connectivity index (χ2n) is 5.07. The van der Waals surface area contributed by atoms with Crippen molar-refractivity contribution in [3.05, 3.63) is 47.0 Å². The number of aromatic carboxylic acids is 1. The SMILES string of the molecule is COCC(C)Oc1ccc(Cl)cc1NC(=O)c1cnc(C(=O)O)cn1. The fraction of sp³-hybridized carbons (Fsp3) is 0.250. The molecule has 1 aromatic heterocycles. The number of rotatable bonds is 7. The Hall–Kier alpha value is -2.71. The van der Waals surface area contributed by atoms with Gasteiger partial charge >= 0.3 is 5.97 Å². The molecule has 2 N–H and O–H groups in total. The Morgan fingerprint density at radius 3 is 2.56 bits per heavy atom. The third-order valence-corrected chi connectivity index (χ3v) is 3.26. The van der Waals surface area contributed by atoms with Crippen LogP contribution in [0.4, 0.5) is 5.69 Å². The van der Waals surface area contributed by atoms with Crippen LogP contribution in [-0.4, -0.2) is 46.8 Å². The number of carboxylic acids is 1. The average molecular weight is 366 g/mol. The van der Waals surface area contributed by atoms with Crippen molar-refractivity contribution in [2.75, 3.05) is 19.0 Å². The summed E-state index contributed by atoms with van der Waals surface area (Å²) < 4.78 is 10.7. The molecule has 0 fully saturated rings. The Labute approximate surface area is 148 Å². The number of aromatic nitrogens is 2. The number of ether oxygens (including phenoxy) is 2. The molecule has 132 valence electrons. The van der Waals surface area contributed by atoms with Gasteiger partial charge in [-0.2, -0.15) is 0 Å². The van der Waals surface area contributed by atoms with Crippen LogP contribution in [0.2, 0.25) is 5.02 Å². The molecule has 1 unspecified atom stereocenters. The van der Waals surface area contributed by atoms with Gasteiger partial charge in [-0.1, -0.05) is 11.6 Å². The maximum Gasteiger partial charge on any atom is 0.356 e. The van der Waals surface area contributed by atoms with Crippen LogP contribution in [0.25, 0.3) is 0 Å². The quantitative estimate of drug-likeness (QED) is 0.775. The first-order valence-corrected chi connectivity index (χ1v) is 7.60. The number of hydrogen-bond donors (Lipinski definition) is 2. The van der Waals surface area contributed by atoms with E-state index < -0.39 is 11.9 Å². The summed E-state index contributed by atoms with van der Waals surface area (Å²) in [5.74, 6) is -1.38. The lowest BCUT2D eigenvalue weighted by atomic mass is 10.2. The van der Waals surface area contributed by atoms with E-state index >= 15 is 0 Å². The fourth-order valence-electron chi connectivity index (χ4n) is 1.93. The minimum absolute atomic E-state index is 0.0409. The first kappa shape index (κ1) is 18.6. The summed E-state index contributed by atoms with van der Waals surface area (Å²) in [7, 11) is 1.56. The van der Waals surface area contributed by atoms with E-state index in [0.29, 0.717) is 23.1 Å². The molecule has 1 amide bonds. The second-order valence-corrected chi connectivity index (χ2v) is 5.51. The van der Waals surface area contributed by atoms with Gasteiger partial charge in [-0.15, -0.1) is 0 Å². The Morgan fingerprint density at radius 1 is 1.28 bits per heavy atom. The first-order valence-electron chi connectivity index (χ1n) is 7.22. The zero-order valence-corrected chi connectivity index (χ0v) is 14.3. The van der Waals surface area contributed by atoms with Crippen LogP contribution in [0.3, 0.4) is 0 Å². The summed E-state index contributed by atoms with van der Waals surface area (Å²) in [5, 5.41) is 11.8. The highest BCUT2D eigenvalue weighted by atomic mass is 35.5. The van der Waals surface area contributed by atoms with Crippen molar-refractivity contribution >= 4 is 29.2 Å². The minimum Gasteiger partial charge on any atom is -0.486 e. The molecule has 1 heterocycles. The van der Waals surface area contributed by atoms with Gasteiger partial charge in [-0.05, 0) is 25.1 Å². The second kappa shape index (κ2) is 8.41. The lowest BCUT2D eigenvalue weighted by molar-refractivity contribution is 0.0689. The predicted molar refractivity (Wildman–Crippen MR) is 90.4 cm³/mol. The molecule has 1 atom stereocenters. The molecule has 0 aliphatic carbocycles. The van der Waals surface area contributed by atoms with Gasteiger partial charge in [0.05, 0.1) is 24.7 Å². The predicted octanol–water partition coefficient (Wildman–Crippen LogP) is 2.49. The molecular weight excluding hydrogens is 350 g/mol. The highest BCUT2D eigenvalue weighted by molar-refractivity contribution is 6.31. The first-order chi connectivity index (χ1) is 11.9. The smallest absolute Gasteiger partial charge is 0.356 e. The number of carbonyl (C=O) groups is 2. The van der Waals surface area contributed by atoms with Crippen molar-refractivity contribution in [3.63, 3.8) is 0 Å². The van der Waals surface area contributed by atoms with E-state index in [2.05, 4.69) is 15.3 Å². The summed E-state index contributed by atoms with van der Waals surface area (Å²) in [6.45, 7) is 2.19. The Kier molecular flexibility index (Phi) is 6.26. The normalized spacial score (nSPS) is 11.6. The van der Waals surface area contributed by atoms with Crippen molar-refractivity contribution < 1.29 is 24.2 Å². The molecular formula is C16H16ClN3O5. The number of anilines is 1. The number of benzene rings is 1. The third-order valence-electron chi connectivity index (χ3n) is 3.02. The lowest BCUT2D eigenvalue weighted by Gasteiger charge is -2.17. The number of methoxy groups -OCH3 is 1. The summed E-state index contributed by atoms with van der Waals surface area (Å²) in [4.78, 5) is 30.5. The number of carboxylic acid groups (broad SMARTS) is 1. The van der Waals surface area contributed by atoms with E-state index in [9.17, 15) is 9.59 Å². The largest absolute Gasteiger partial charge is 0.486 e. The fourth-order valence-corrected chi connectivity index (χ4v) is 2.10. The van der Waals surface area contributed by atoms with E-state index in [1.807, 2.05) is 6.92 Å². The van der Waals surface area contributed by atoms with Crippen LogP contribution in [-0.2, 0) is 4.74 Å². The van der Waals surface area contributed by atoms with E-state index in [0.717, 1.165) is 12.4 Å². The summed E-state index contributed by atoms with van der Waals surface area (Å²) in [5.41, 5.74) is 0.0575. The summed E-state index contributed by atoms with van der Waals surface area (Å²) in [6.07, 6.45) is 1.85. The van der Waals surface area contributed by atoms with Crippen LogP contribution in [0.1, 0.15) is 27.9 Å². The van der Waals surface area contributed by atoms with Gasteiger partial charge in [0.2, 0.25) is 0 Å². The molecule has 2 aromatic rings. The maximum atomic E-state index is 12.3. The topological polar surface area (TPSA) is 111 Å². The highest BCUT2D eigenvalue weighted by Gasteiger charge is 2.15. The number of carbonyl (C=O) groups excluding carboxylic acids is 1. The van der Waals surface area contributed by atoms with E-state index in [4.69, 9.17) is 26.2 Å². The monoisotopic (exact) mass is 365 g/mol. The number of hydrogen-bond acceptors (Lipinski definition) is 6. The van der Waals surface area contributed by atoms with Gasteiger partial charge in [0.1, 0.15) is 17.5 Å². The zero-order chi connectivity index (χ0) is 18.4. The van der Waals surface area contributed by atoms with Crippen LogP contribution in [0, 0.1) is 0 Å². The van der Waals surface area contributed by atoms with Crippen molar-refractivity contribution in [2.45, 2.75) is 13.0 Å². The van der Waals surface area contributed by atoms with Crippen LogP contribution in [0.5, 0.6) is 5.75 Å². The molecule has 25 heavy (non-hydrogen) atoms. The molecule has 1 aromatic carbocycles. The lowest BCUT2D eigenvalue weighted by Crippen LogP contribution is -2.20. The highest BCUT2D eigenvalue weighted by Crippen LogP contribution is 2.29. The number of nitrogens with zero attached hydrogens (tertiary/aromatic N) is 2. The summed E-state index contributed by atoms with van der Waals surface area (Å²) >= 11 is 5.97. The van der Waals surface area contributed by atoms with Crippen molar-refractivity contribution in [2.24, 2.45) is 0 Å². The van der Waals surface area contributed by atoms with E-state index in [1.165, 1.54) is 6.07 Å². The molecule has 0 radical (unpaired) electrons. The van der Waals surface area contributed by atoms with Gasteiger partial charge < -0.3 is 19.9 Å². The van der Waals surface area contributed by atoms with E-state index in [-0.39, 0.29) is 17.5 Å². The van der Waals surface area contributed by atoms with Gasteiger partial charge in [0.15, 0.2) is 5.69 Å². The van der Waals surface area contributed by atoms with Crippen molar-refractivity contribution in [1.82, 2.24) is 9.97 Å². The molecule has 0 bridgehead atoms. The van der Waals surface area contributed by atoms with Crippen molar-refractivity contribution in [1.29, 1.82) is 0 Å².